The summed E-state index contributed by atoms with van der Waals surface area (Å²) in [5.74, 6) is -1.97. The van der Waals surface area contributed by atoms with Gasteiger partial charge in [0.1, 0.15) is 12.4 Å². The molecule has 0 unspecified atom stereocenters. The van der Waals surface area contributed by atoms with Crippen molar-refractivity contribution in [3.8, 4) is 0 Å². The number of carboxylic acids is 1. The van der Waals surface area contributed by atoms with Crippen LogP contribution in [0.25, 0.3) is 0 Å². The highest BCUT2D eigenvalue weighted by Gasteiger charge is 2.19. The van der Waals surface area contributed by atoms with Gasteiger partial charge < -0.3 is 14.7 Å². The average molecular weight is 301 g/mol. The lowest BCUT2D eigenvalue weighted by Crippen LogP contribution is -2.38. The standard InChI is InChI=1S/C13H16FNO4S/c1-19-6-5-15(8-12(16)17)13(18)9-3-4-10(14)11(7-9)20-2/h3-4,7H,5-6,8H2,1-2H3,(H,16,17). The minimum absolute atomic E-state index is 0.160. The van der Waals surface area contributed by atoms with Crippen LogP contribution in [0.5, 0.6) is 0 Å². The zero-order valence-electron chi connectivity index (χ0n) is 11.3. The summed E-state index contributed by atoms with van der Waals surface area (Å²) in [6.07, 6.45) is 1.70. The highest BCUT2D eigenvalue weighted by molar-refractivity contribution is 7.98. The summed E-state index contributed by atoms with van der Waals surface area (Å²) >= 11 is 1.18. The normalized spacial score (nSPS) is 10.3. The summed E-state index contributed by atoms with van der Waals surface area (Å²) in [6, 6.07) is 3.97. The van der Waals surface area contributed by atoms with Gasteiger partial charge in [-0.25, -0.2) is 4.39 Å². The first-order valence-corrected chi connectivity index (χ1v) is 7.05. The monoisotopic (exact) mass is 301 g/mol. The van der Waals surface area contributed by atoms with Crippen molar-refractivity contribution >= 4 is 23.6 Å². The van der Waals surface area contributed by atoms with Gasteiger partial charge in [-0.15, -0.1) is 11.8 Å². The Morgan fingerprint density at radius 3 is 2.70 bits per heavy atom. The number of halogens is 1. The highest BCUT2D eigenvalue weighted by atomic mass is 32.2. The number of carboxylic acid groups (broad SMARTS) is 1. The Labute approximate surface area is 120 Å². The molecule has 0 aliphatic heterocycles. The first kappa shape index (κ1) is 16.5. The van der Waals surface area contributed by atoms with Crippen molar-refractivity contribution in [1.29, 1.82) is 0 Å². The molecule has 0 heterocycles. The number of hydrogen-bond donors (Lipinski definition) is 1. The van der Waals surface area contributed by atoms with Crippen LogP contribution in [0.15, 0.2) is 23.1 Å². The summed E-state index contributed by atoms with van der Waals surface area (Å²) in [5.41, 5.74) is 0.258. The molecule has 7 heteroatoms. The Hall–Kier alpha value is -1.60. The van der Waals surface area contributed by atoms with Gasteiger partial charge in [-0.3, -0.25) is 9.59 Å². The Kier molecular flexibility index (Phi) is 6.47. The van der Waals surface area contributed by atoms with Crippen LogP contribution >= 0.6 is 11.8 Å². The number of carbonyl (C=O) groups is 2. The third kappa shape index (κ3) is 4.50. The van der Waals surface area contributed by atoms with Crippen LogP contribution in [0.3, 0.4) is 0 Å². The predicted octanol–water partition coefficient (Wildman–Crippen LogP) is 1.72. The van der Waals surface area contributed by atoms with Crippen molar-refractivity contribution in [3.63, 3.8) is 0 Å². The molecule has 0 aliphatic rings. The summed E-state index contributed by atoms with van der Waals surface area (Å²) in [6.45, 7) is -0.0304. The molecule has 0 atom stereocenters. The van der Waals surface area contributed by atoms with E-state index in [4.69, 9.17) is 9.84 Å². The van der Waals surface area contributed by atoms with Gasteiger partial charge in [0.25, 0.3) is 5.91 Å². The van der Waals surface area contributed by atoms with Gasteiger partial charge in [0, 0.05) is 24.1 Å². The first-order chi connectivity index (χ1) is 9.49. The van der Waals surface area contributed by atoms with E-state index in [2.05, 4.69) is 0 Å². The number of hydrogen-bond acceptors (Lipinski definition) is 4. The number of amides is 1. The predicted molar refractivity (Wildman–Crippen MR) is 73.6 cm³/mol. The molecule has 0 fully saturated rings. The summed E-state index contributed by atoms with van der Waals surface area (Å²) in [7, 11) is 1.47. The van der Waals surface area contributed by atoms with Crippen molar-refractivity contribution in [1.82, 2.24) is 4.90 Å². The number of nitrogens with zero attached hydrogens (tertiary/aromatic N) is 1. The molecule has 110 valence electrons. The Balaban J connectivity index is 2.95. The van der Waals surface area contributed by atoms with E-state index < -0.39 is 24.2 Å². The topological polar surface area (TPSA) is 66.8 Å². The smallest absolute Gasteiger partial charge is 0.323 e. The number of thioether (sulfide) groups is 1. The minimum Gasteiger partial charge on any atom is -0.480 e. The molecule has 5 nitrogen and oxygen atoms in total. The van der Waals surface area contributed by atoms with Crippen LogP contribution in [-0.4, -0.2) is 54.9 Å². The Morgan fingerprint density at radius 1 is 1.45 bits per heavy atom. The fraction of sp³-hybridized carbons (Fsp3) is 0.385. The van der Waals surface area contributed by atoms with Gasteiger partial charge in [0.2, 0.25) is 0 Å². The number of methoxy groups -OCH3 is 1. The number of aliphatic carboxylic acids is 1. The molecule has 0 aliphatic carbocycles. The Bertz CT molecular complexity index is 495. The lowest BCUT2D eigenvalue weighted by atomic mass is 10.2. The van der Waals surface area contributed by atoms with E-state index in [0.717, 1.165) is 4.90 Å². The molecule has 20 heavy (non-hydrogen) atoms. The van der Waals surface area contributed by atoms with Crippen LogP contribution in [0.1, 0.15) is 10.4 Å². The van der Waals surface area contributed by atoms with Gasteiger partial charge in [-0.1, -0.05) is 0 Å². The maximum Gasteiger partial charge on any atom is 0.323 e. The molecule has 1 N–H and O–H groups in total. The molecule has 1 aromatic rings. The number of rotatable bonds is 7. The fourth-order valence-electron chi connectivity index (χ4n) is 1.59. The fourth-order valence-corrected chi connectivity index (χ4v) is 2.10. The highest BCUT2D eigenvalue weighted by Crippen LogP contribution is 2.21. The van der Waals surface area contributed by atoms with Crippen molar-refractivity contribution in [2.24, 2.45) is 0 Å². The largest absolute Gasteiger partial charge is 0.480 e. The van der Waals surface area contributed by atoms with Gasteiger partial charge in [0.15, 0.2) is 0 Å². The molecule has 0 saturated carbocycles. The average Bonchev–Trinajstić information content (AvgIpc) is 2.42. The van der Waals surface area contributed by atoms with Crippen LogP contribution in [0, 0.1) is 5.82 Å². The van der Waals surface area contributed by atoms with E-state index in [1.807, 2.05) is 0 Å². The van der Waals surface area contributed by atoms with Crippen molar-refractivity contribution in [3.05, 3.63) is 29.6 Å². The number of ether oxygens (including phenoxy) is 1. The summed E-state index contributed by atoms with van der Waals surface area (Å²) in [4.78, 5) is 24.5. The van der Waals surface area contributed by atoms with Crippen molar-refractivity contribution in [2.75, 3.05) is 33.1 Å². The third-order valence-corrected chi connectivity index (χ3v) is 3.33. The molecule has 0 spiro atoms. The molecule has 0 aromatic heterocycles. The lowest BCUT2D eigenvalue weighted by Gasteiger charge is -2.20. The van der Waals surface area contributed by atoms with Crippen LogP contribution in [0.4, 0.5) is 4.39 Å². The van der Waals surface area contributed by atoms with Crippen LogP contribution in [-0.2, 0) is 9.53 Å². The molecular formula is C13H16FNO4S. The van der Waals surface area contributed by atoms with Gasteiger partial charge in [0.05, 0.1) is 6.61 Å². The minimum atomic E-state index is -1.11. The second-order valence-corrected chi connectivity index (χ2v) is 4.81. The van der Waals surface area contributed by atoms with E-state index in [1.54, 1.807) is 6.26 Å². The van der Waals surface area contributed by atoms with E-state index in [0.29, 0.717) is 4.90 Å². The van der Waals surface area contributed by atoms with Crippen LogP contribution in [0.2, 0.25) is 0 Å². The molecule has 0 saturated heterocycles. The zero-order valence-corrected chi connectivity index (χ0v) is 12.1. The molecular weight excluding hydrogens is 285 g/mol. The van der Waals surface area contributed by atoms with E-state index in [9.17, 15) is 14.0 Å². The maximum atomic E-state index is 13.4. The van der Waals surface area contributed by atoms with Crippen LogP contribution < -0.4 is 0 Å². The van der Waals surface area contributed by atoms with Crippen molar-refractivity contribution in [2.45, 2.75) is 4.90 Å². The SMILES string of the molecule is COCCN(CC(=O)O)C(=O)c1ccc(F)c(SC)c1. The molecule has 1 amide bonds. The summed E-state index contributed by atoms with van der Waals surface area (Å²) in [5, 5.41) is 8.83. The maximum absolute atomic E-state index is 13.4. The molecule has 1 rings (SSSR count). The van der Waals surface area contributed by atoms with Gasteiger partial charge >= 0.3 is 5.97 Å². The summed E-state index contributed by atoms with van der Waals surface area (Å²) < 4.78 is 18.2. The van der Waals surface area contributed by atoms with E-state index >= 15 is 0 Å². The molecule has 0 bridgehead atoms. The number of benzene rings is 1. The first-order valence-electron chi connectivity index (χ1n) is 5.83. The quantitative estimate of drug-likeness (QED) is 0.777. The lowest BCUT2D eigenvalue weighted by molar-refractivity contribution is -0.137. The second kappa shape index (κ2) is 7.86. The third-order valence-electron chi connectivity index (χ3n) is 2.58. The van der Waals surface area contributed by atoms with E-state index in [-0.39, 0.29) is 18.7 Å². The van der Waals surface area contributed by atoms with Gasteiger partial charge in [-0.05, 0) is 24.5 Å². The van der Waals surface area contributed by atoms with E-state index in [1.165, 1.54) is 37.1 Å². The second-order valence-electron chi connectivity index (χ2n) is 3.96. The van der Waals surface area contributed by atoms with Crippen molar-refractivity contribution < 1.29 is 23.8 Å². The Morgan fingerprint density at radius 2 is 2.15 bits per heavy atom. The van der Waals surface area contributed by atoms with Gasteiger partial charge in [-0.2, -0.15) is 0 Å². The zero-order chi connectivity index (χ0) is 15.1. The molecule has 0 radical (unpaired) electrons. The molecule has 1 aromatic carbocycles. The number of carbonyl (C=O) groups excluding carboxylic acids is 1.